The number of carbonyl (C=O) groups is 4. The van der Waals surface area contributed by atoms with E-state index in [0.29, 0.717) is 46.7 Å². The number of thioether (sulfide) groups is 1. The number of carbonyl (C=O) groups excluding carboxylic acids is 4. The predicted molar refractivity (Wildman–Crippen MR) is 117 cm³/mol. The van der Waals surface area contributed by atoms with Crippen LogP contribution in [0.2, 0.25) is 0 Å². The van der Waals surface area contributed by atoms with E-state index in [1.807, 2.05) is 0 Å². The van der Waals surface area contributed by atoms with Crippen LogP contribution in [0.25, 0.3) is 0 Å². The molecular weight excluding hydrogens is 470 g/mol. The summed E-state index contributed by atoms with van der Waals surface area (Å²) in [5.41, 5.74) is 5.94. The van der Waals surface area contributed by atoms with E-state index >= 15 is 0 Å². The second-order valence-electron chi connectivity index (χ2n) is 7.80. The van der Waals surface area contributed by atoms with E-state index in [1.54, 1.807) is 29.4 Å². The molecule has 3 unspecified atom stereocenters. The highest BCUT2D eigenvalue weighted by atomic mass is 32.2. The molecule has 3 atom stereocenters. The van der Waals surface area contributed by atoms with Gasteiger partial charge >= 0.3 is 10.9 Å². The number of amides is 5. The number of pyridine rings is 1. The summed E-state index contributed by atoms with van der Waals surface area (Å²) in [5.74, 6) is -3.21. The molecule has 0 bridgehead atoms. The third-order valence-corrected chi connectivity index (χ3v) is 8.57. The monoisotopic (exact) mass is 489 g/mol. The fraction of sp³-hybridized carbons (Fsp3) is 0.400. The molecular formula is C20H19N5O6S2. The predicted octanol–water partition coefficient (Wildman–Crippen LogP) is -0.166. The van der Waals surface area contributed by atoms with Crippen LogP contribution in [0.1, 0.15) is 16.4 Å². The summed E-state index contributed by atoms with van der Waals surface area (Å²) in [6.45, 7) is 1.57. The molecule has 0 spiro atoms. The van der Waals surface area contributed by atoms with Crippen LogP contribution in [0.3, 0.4) is 0 Å². The molecule has 0 saturated carbocycles. The van der Waals surface area contributed by atoms with Crippen molar-refractivity contribution < 1.29 is 23.9 Å². The van der Waals surface area contributed by atoms with E-state index in [1.165, 1.54) is 4.57 Å². The molecule has 5 rings (SSSR count). The van der Waals surface area contributed by atoms with Crippen molar-refractivity contribution in [3.8, 4) is 0 Å². The van der Waals surface area contributed by atoms with Crippen LogP contribution < -0.4 is 10.6 Å². The minimum atomic E-state index is -1.13. The zero-order valence-corrected chi connectivity index (χ0v) is 18.8. The number of hydrogen-bond donors (Lipinski definition) is 1. The lowest BCUT2D eigenvalue weighted by Crippen LogP contribution is -2.43. The van der Waals surface area contributed by atoms with Gasteiger partial charge in [-0.25, -0.2) is 4.79 Å². The average Bonchev–Trinajstić information content (AvgIpc) is 3.26. The summed E-state index contributed by atoms with van der Waals surface area (Å²) in [6, 6.07) is 2.32. The summed E-state index contributed by atoms with van der Waals surface area (Å²) < 4.78 is 6.63. The van der Waals surface area contributed by atoms with Gasteiger partial charge in [0.2, 0.25) is 11.8 Å². The van der Waals surface area contributed by atoms with E-state index in [4.69, 9.17) is 10.5 Å². The Morgan fingerprint density at radius 2 is 1.94 bits per heavy atom. The van der Waals surface area contributed by atoms with Crippen molar-refractivity contribution in [1.82, 2.24) is 19.4 Å². The van der Waals surface area contributed by atoms with Crippen LogP contribution in [0.5, 0.6) is 0 Å². The molecule has 13 heteroatoms. The minimum absolute atomic E-state index is 0.184. The number of imide groups is 3. The van der Waals surface area contributed by atoms with E-state index in [0.717, 1.165) is 23.1 Å². The minimum Gasteiger partial charge on any atom is -0.378 e. The third kappa shape index (κ3) is 3.56. The maximum atomic E-state index is 13.1. The number of hydrogen-bond acceptors (Lipinski definition) is 9. The van der Waals surface area contributed by atoms with E-state index in [2.05, 4.69) is 4.98 Å². The van der Waals surface area contributed by atoms with Crippen LogP contribution >= 0.6 is 23.1 Å². The summed E-state index contributed by atoms with van der Waals surface area (Å²) in [5, 5.41) is -0.490. The number of thiazole rings is 1. The number of primary amides is 1. The molecule has 0 aliphatic carbocycles. The fourth-order valence-corrected chi connectivity index (χ4v) is 7.21. The number of nitrogens with two attached hydrogens (primary N) is 1. The molecule has 2 aromatic rings. The quantitative estimate of drug-likeness (QED) is 0.585. The zero-order valence-electron chi connectivity index (χ0n) is 17.2. The number of morpholine rings is 1. The highest BCUT2D eigenvalue weighted by molar-refractivity contribution is 8.00. The van der Waals surface area contributed by atoms with Gasteiger partial charge in [-0.05, 0) is 11.6 Å². The largest absolute Gasteiger partial charge is 0.378 e. The van der Waals surface area contributed by atoms with Gasteiger partial charge in [0.1, 0.15) is 11.8 Å². The first-order valence-corrected chi connectivity index (χ1v) is 11.9. The van der Waals surface area contributed by atoms with E-state index in [9.17, 15) is 24.0 Å². The summed E-state index contributed by atoms with van der Waals surface area (Å²) >= 11 is 1.97. The second kappa shape index (κ2) is 8.39. The normalized spacial score (nSPS) is 24.5. The topological polar surface area (TPSA) is 145 Å². The Morgan fingerprint density at radius 1 is 1.18 bits per heavy atom. The first kappa shape index (κ1) is 21.8. The maximum Gasteiger partial charge on any atom is 0.328 e. The molecule has 0 radical (unpaired) electrons. The highest BCUT2D eigenvalue weighted by Gasteiger charge is 2.58. The molecule has 3 aliphatic rings. The number of fused-ring (bicyclic) bond motifs is 2. The summed E-state index contributed by atoms with van der Waals surface area (Å²) in [6.07, 6.45) is 3.14. The first-order chi connectivity index (χ1) is 15.9. The van der Waals surface area contributed by atoms with Crippen molar-refractivity contribution in [2.24, 2.45) is 11.7 Å². The lowest BCUT2D eigenvalue weighted by molar-refractivity contribution is -0.137. The molecule has 172 valence electrons. The average molecular weight is 490 g/mol. The Balaban J connectivity index is 1.58. The van der Waals surface area contributed by atoms with Gasteiger partial charge in [-0.3, -0.25) is 28.7 Å². The van der Waals surface area contributed by atoms with Crippen LogP contribution in [-0.2, 0) is 25.7 Å². The maximum absolute atomic E-state index is 13.1. The molecule has 2 aromatic heterocycles. The lowest BCUT2D eigenvalue weighted by Gasteiger charge is -2.31. The van der Waals surface area contributed by atoms with Gasteiger partial charge in [0.25, 0.3) is 5.91 Å². The second-order valence-corrected chi connectivity index (χ2v) is 9.92. The Bertz CT molecular complexity index is 1210. The smallest absolute Gasteiger partial charge is 0.328 e. The summed E-state index contributed by atoms with van der Waals surface area (Å²) in [4.78, 5) is 70.1. The number of rotatable bonds is 3. The van der Waals surface area contributed by atoms with Crippen molar-refractivity contribution in [1.29, 1.82) is 0 Å². The Labute approximate surface area is 195 Å². The molecule has 3 aliphatic heterocycles. The highest BCUT2D eigenvalue weighted by Crippen LogP contribution is 2.53. The van der Waals surface area contributed by atoms with Crippen molar-refractivity contribution in [2.45, 2.75) is 22.7 Å². The lowest BCUT2D eigenvalue weighted by atomic mass is 9.84. The molecule has 2 fully saturated rings. The molecule has 2 N–H and O–H groups in total. The van der Waals surface area contributed by atoms with Gasteiger partial charge in [-0.1, -0.05) is 29.2 Å². The van der Waals surface area contributed by atoms with Gasteiger partial charge in [0.15, 0.2) is 0 Å². The Kier molecular flexibility index (Phi) is 5.54. The van der Waals surface area contributed by atoms with Crippen LogP contribution in [-0.4, -0.2) is 74.7 Å². The summed E-state index contributed by atoms with van der Waals surface area (Å²) in [7, 11) is 0. The SMILES string of the molecule is NC(=O)N1C(=O)C2Sc3c(sc(=O)n3CC(=O)N3CCOCC3)C(c3cccnc3)C2C1=O. The molecule has 11 nitrogen and oxygen atoms in total. The van der Waals surface area contributed by atoms with Crippen LogP contribution in [0.15, 0.2) is 34.3 Å². The fourth-order valence-electron chi connectivity index (χ4n) is 4.44. The van der Waals surface area contributed by atoms with Gasteiger partial charge in [0, 0.05) is 36.3 Å². The third-order valence-electron chi connectivity index (χ3n) is 5.97. The van der Waals surface area contributed by atoms with Crippen LogP contribution in [0.4, 0.5) is 4.79 Å². The number of ether oxygens (including phenoxy) is 1. The Morgan fingerprint density at radius 3 is 2.61 bits per heavy atom. The van der Waals surface area contributed by atoms with E-state index < -0.39 is 34.9 Å². The number of aromatic nitrogens is 2. The van der Waals surface area contributed by atoms with Gasteiger partial charge in [0.05, 0.1) is 24.2 Å². The van der Waals surface area contributed by atoms with E-state index in [-0.39, 0.29) is 17.3 Å². The molecule has 33 heavy (non-hydrogen) atoms. The standard InChI is InChI=1S/C20H19N5O6S2/c21-19(29)25-16(27)13-12(10-2-1-3-22-8-10)15-18(32-14(13)17(25)28)24(20(30)33-15)9-11(26)23-4-6-31-7-5-23/h1-3,8,12-14H,4-7,9H2,(H2,21,29). The van der Waals surface area contributed by atoms with Crippen molar-refractivity contribution in [2.75, 3.05) is 26.3 Å². The Hall–Kier alpha value is -3.03. The number of nitrogens with zero attached hydrogens (tertiary/aromatic N) is 4. The molecule has 5 amide bonds. The van der Waals surface area contributed by atoms with Gasteiger partial charge in [-0.2, -0.15) is 4.90 Å². The molecule has 5 heterocycles. The number of urea groups is 1. The zero-order chi connectivity index (χ0) is 23.3. The van der Waals surface area contributed by atoms with Gasteiger partial charge in [-0.15, -0.1) is 0 Å². The van der Waals surface area contributed by atoms with Crippen molar-refractivity contribution in [3.63, 3.8) is 0 Å². The van der Waals surface area contributed by atoms with Gasteiger partial charge < -0.3 is 15.4 Å². The molecule has 0 aromatic carbocycles. The van der Waals surface area contributed by atoms with Crippen LogP contribution in [0, 0.1) is 5.92 Å². The van der Waals surface area contributed by atoms with Crippen molar-refractivity contribution >= 4 is 46.9 Å². The number of likely N-dealkylation sites (tertiary alicyclic amines) is 1. The van der Waals surface area contributed by atoms with Crippen molar-refractivity contribution in [3.05, 3.63) is 44.6 Å². The molecule has 2 saturated heterocycles. The first-order valence-electron chi connectivity index (χ1n) is 10.2.